The monoisotopic (exact) mass is 360 g/mol. The number of carbonyl (C=O) groups is 2. The first-order chi connectivity index (χ1) is 12.3. The van der Waals surface area contributed by atoms with Crippen molar-refractivity contribution < 1.29 is 14.3 Å². The number of anilines is 1. The van der Waals surface area contributed by atoms with E-state index in [2.05, 4.69) is 9.88 Å². The zero-order valence-electron chi connectivity index (χ0n) is 15.9. The number of likely N-dealkylation sites (tertiary alicyclic amines) is 1. The highest BCUT2D eigenvalue weighted by molar-refractivity contribution is 5.86. The fourth-order valence-electron chi connectivity index (χ4n) is 3.47. The molecule has 3 rings (SSSR count). The van der Waals surface area contributed by atoms with E-state index in [9.17, 15) is 9.59 Å². The Kier molecular flexibility index (Phi) is 5.34. The van der Waals surface area contributed by atoms with Crippen LogP contribution in [0.4, 0.5) is 10.6 Å². The van der Waals surface area contributed by atoms with Gasteiger partial charge in [-0.1, -0.05) is 6.07 Å². The van der Waals surface area contributed by atoms with Gasteiger partial charge in [0.05, 0.1) is 0 Å². The van der Waals surface area contributed by atoms with E-state index in [0.29, 0.717) is 26.1 Å². The van der Waals surface area contributed by atoms with Crippen molar-refractivity contribution in [3.05, 3.63) is 24.4 Å². The first kappa shape index (κ1) is 18.5. The lowest BCUT2D eigenvalue weighted by molar-refractivity contribution is -0.136. The smallest absolute Gasteiger partial charge is 0.410 e. The summed E-state index contributed by atoms with van der Waals surface area (Å²) in [4.78, 5) is 35.4. The summed E-state index contributed by atoms with van der Waals surface area (Å²) in [6.45, 7) is 8.91. The summed E-state index contributed by atoms with van der Waals surface area (Å²) in [6, 6.07) is 5.45. The molecule has 0 bridgehead atoms. The molecule has 2 aliphatic rings. The number of piperazine rings is 1. The molecule has 26 heavy (non-hydrogen) atoms. The van der Waals surface area contributed by atoms with Crippen LogP contribution in [0.15, 0.2) is 24.4 Å². The summed E-state index contributed by atoms with van der Waals surface area (Å²) in [6.07, 6.45) is 2.94. The van der Waals surface area contributed by atoms with E-state index in [1.165, 1.54) is 0 Å². The molecular formula is C19H28N4O3. The Morgan fingerprint density at radius 3 is 2.46 bits per heavy atom. The van der Waals surface area contributed by atoms with Gasteiger partial charge in [0.25, 0.3) is 0 Å². The van der Waals surface area contributed by atoms with Crippen LogP contribution in [-0.4, -0.2) is 71.2 Å². The van der Waals surface area contributed by atoms with Crippen molar-refractivity contribution in [3.8, 4) is 0 Å². The third-order valence-electron chi connectivity index (χ3n) is 4.73. The number of pyridine rings is 1. The molecule has 0 unspecified atom stereocenters. The number of aromatic nitrogens is 1. The molecule has 1 aromatic rings. The van der Waals surface area contributed by atoms with Crippen molar-refractivity contribution in [1.82, 2.24) is 14.8 Å². The van der Waals surface area contributed by atoms with Crippen molar-refractivity contribution in [2.24, 2.45) is 0 Å². The van der Waals surface area contributed by atoms with Gasteiger partial charge in [-0.25, -0.2) is 9.78 Å². The standard InChI is InChI=1S/C19H28N4O3/c1-19(2,3)26-18(25)23-10-6-7-15(23)17(24)22-13-11-21(12-14-22)16-8-4-5-9-20-16/h4-5,8-9,15H,6-7,10-14H2,1-3H3/t15-/m0/s1. The van der Waals surface area contributed by atoms with Crippen molar-refractivity contribution in [3.63, 3.8) is 0 Å². The second kappa shape index (κ2) is 7.51. The SMILES string of the molecule is CC(C)(C)OC(=O)N1CCC[C@H]1C(=O)N1CCN(c2ccccn2)CC1. The predicted octanol–water partition coefficient (Wildman–Crippen LogP) is 2.13. The van der Waals surface area contributed by atoms with Crippen LogP contribution in [0.25, 0.3) is 0 Å². The predicted molar refractivity (Wildman–Crippen MR) is 99.0 cm³/mol. The van der Waals surface area contributed by atoms with Crippen LogP contribution in [0.1, 0.15) is 33.6 Å². The Morgan fingerprint density at radius 1 is 1.12 bits per heavy atom. The highest BCUT2D eigenvalue weighted by atomic mass is 16.6. The fraction of sp³-hybridized carbons (Fsp3) is 0.632. The average Bonchev–Trinajstić information content (AvgIpc) is 3.10. The van der Waals surface area contributed by atoms with Gasteiger partial charge in [0.1, 0.15) is 17.5 Å². The highest BCUT2D eigenvalue weighted by Crippen LogP contribution is 2.23. The molecule has 0 aromatic carbocycles. The van der Waals surface area contributed by atoms with Crippen molar-refractivity contribution in [2.45, 2.75) is 45.3 Å². The largest absolute Gasteiger partial charge is 0.444 e. The molecular weight excluding hydrogens is 332 g/mol. The van der Waals surface area contributed by atoms with Gasteiger partial charge in [-0.05, 0) is 45.7 Å². The molecule has 2 fully saturated rings. The van der Waals surface area contributed by atoms with Crippen LogP contribution in [-0.2, 0) is 9.53 Å². The van der Waals surface area contributed by atoms with Crippen LogP contribution in [0.5, 0.6) is 0 Å². The van der Waals surface area contributed by atoms with Gasteiger partial charge >= 0.3 is 6.09 Å². The van der Waals surface area contributed by atoms with Gasteiger partial charge in [0, 0.05) is 38.9 Å². The number of hydrogen-bond donors (Lipinski definition) is 0. The Labute approximate surface area is 154 Å². The molecule has 1 atom stereocenters. The van der Waals surface area contributed by atoms with Gasteiger partial charge in [-0.15, -0.1) is 0 Å². The van der Waals surface area contributed by atoms with E-state index in [0.717, 1.165) is 25.3 Å². The van der Waals surface area contributed by atoms with Crippen molar-refractivity contribution in [2.75, 3.05) is 37.6 Å². The van der Waals surface area contributed by atoms with E-state index >= 15 is 0 Å². The minimum absolute atomic E-state index is 0.0361. The van der Waals surface area contributed by atoms with Crippen LogP contribution >= 0.6 is 0 Å². The number of carbonyl (C=O) groups excluding carboxylic acids is 2. The molecule has 0 radical (unpaired) electrons. The molecule has 0 aliphatic carbocycles. The van der Waals surface area contributed by atoms with Crippen LogP contribution in [0, 0.1) is 0 Å². The van der Waals surface area contributed by atoms with Gasteiger partial charge in [0.2, 0.25) is 5.91 Å². The number of amides is 2. The molecule has 7 nitrogen and oxygen atoms in total. The maximum Gasteiger partial charge on any atom is 0.410 e. The molecule has 2 saturated heterocycles. The Morgan fingerprint density at radius 2 is 1.85 bits per heavy atom. The summed E-state index contributed by atoms with van der Waals surface area (Å²) in [7, 11) is 0. The summed E-state index contributed by atoms with van der Waals surface area (Å²) >= 11 is 0. The van der Waals surface area contributed by atoms with E-state index < -0.39 is 11.6 Å². The highest BCUT2D eigenvalue weighted by Gasteiger charge is 2.39. The zero-order chi connectivity index (χ0) is 18.7. The molecule has 2 amide bonds. The Balaban J connectivity index is 1.58. The van der Waals surface area contributed by atoms with E-state index in [1.807, 2.05) is 43.9 Å². The second-order valence-corrected chi connectivity index (χ2v) is 7.83. The van der Waals surface area contributed by atoms with Crippen LogP contribution in [0.2, 0.25) is 0 Å². The second-order valence-electron chi connectivity index (χ2n) is 7.83. The molecule has 0 N–H and O–H groups in total. The normalized spacial score (nSPS) is 21.0. The van der Waals surface area contributed by atoms with E-state index in [1.54, 1.807) is 11.1 Å². The summed E-state index contributed by atoms with van der Waals surface area (Å²) in [5.41, 5.74) is -0.554. The first-order valence-corrected chi connectivity index (χ1v) is 9.29. The molecule has 142 valence electrons. The summed E-state index contributed by atoms with van der Waals surface area (Å²) in [5, 5.41) is 0. The minimum atomic E-state index is -0.554. The quantitative estimate of drug-likeness (QED) is 0.808. The lowest BCUT2D eigenvalue weighted by Crippen LogP contribution is -2.55. The number of ether oxygens (including phenoxy) is 1. The molecule has 0 saturated carbocycles. The average molecular weight is 360 g/mol. The molecule has 3 heterocycles. The van der Waals surface area contributed by atoms with Gasteiger partial charge in [-0.3, -0.25) is 9.69 Å². The Bertz CT molecular complexity index is 636. The number of nitrogens with zero attached hydrogens (tertiary/aromatic N) is 4. The fourth-order valence-corrected chi connectivity index (χ4v) is 3.47. The van der Waals surface area contributed by atoms with Gasteiger partial charge in [-0.2, -0.15) is 0 Å². The third-order valence-corrected chi connectivity index (χ3v) is 4.73. The molecule has 2 aliphatic heterocycles. The lowest BCUT2D eigenvalue weighted by Gasteiger charge is -2.38. The number of rotatable bonds is 2. The minimum Gasteiger partial charge on any atom is -0.444 e. The number of hydrogen-bond acceptors (Lipinski definition) is 5. The topological polar surface area (TPSA) is 66.0 Å². The molecule has 1 aromatic heterocycles. The maximum absolute atomic E-state index is 13.0. The van der Waals surface area contributed by atoms with Crippen LogP contribution in [0.3, 0.4) is 0 Å². The third kappa shape index (κ3) is 4.26. The first-order valence-electron chi connectivity index (χ1n) is 9.29. The van der Waals surface area contributed by atoms with E-state index in [4.69, 9.17) is 4.74 Å². The van der Waals surface area contributed by atoms with E-state index in [-0.39, 0.29) is 12.0 Å². The summed E-state index contributed by atoms with van der Waals surface area (Å²) in [5.74, 6) is 0.977. The van der Waals surface area contributed by atoms with Gasteiger partial charge in [0.15, 0.2) is 0 Å². The molecule has 7 heteroatoms. The Hall–Kier alpha value is -2.31. The van der Waals surface area contributed by atoms with Gasteiger partial charge < -0.3 is 14.5 Å². The summed E-state index contributed by atoms with van der Waals surface area (Å²) < 4.78 is 5.46. The van der Waals surface area contributed by atoms with Crippen molar-refractivity contribution in [1.29, 1.82) is 0 Å². The zero-order valence-corrected chi connectivity index (χ0v) is 15.9. The van der Waals surface area contributed by atoms with Crippen molar-refractivity contribution >= 4 is 17.8 Å². The van der Waals surface area contributed by atoms with Crippen LogP contribution < -0.4 is 4.90 Å². The lowest BCUT2D eigenvalue weighted by atomic mass is 10.1. The maximum atomic E-state index is 13.0. The molecule has 0 spiro atoms.